The molecule has 0 spiro atoms. The maximum absolute atomic E-state index is 13.2. The van der Waals surface area contributed by atoms with Crippen LogP contribution in [0.4, 0.5) is 5.69 Å². The lowest BCUT2D eigenvalue weighted by molar-refractivity contribution is -0.385. The van der Waals surface area contributed by atoms with Gasteiger partial charge in [0.1, 0.15) is 11.8 Å². The molecule has 0 radical (unpaired) electrons. The summed E-state index contributed by atoms with van der Waals surface area (Å²) in [4.78, 5) is 38.1. The van der Waals surface area contributed by atoms with Gasteiger partial charge in [0.2, 0.25) is 11.7 Å². The minimum absolute atomic E-state index is 0.0110. The topological polar surface area (TPSA) is 111 Å². The number of benzene rings is 2. The van der Waals surface area contributed by atoms with Crippen molar-refractivity contribution in [1.29, 1.82) is 0 Å². The number of hydrogen-bond donors (Lipinski definition) is 1. The van der Waals surface area contributed by atoms with Crippen LogP contribution in [-0.4, -0.2) is 47.4 Å². The van der Waals surface area contributed by atoms with Crippen LogP contribution in [-0.2, 0) is 16.1 Å². The second-order valence-electron chi connectivity index (χ2n) is 8.32. The van der Waals surface area contributed by atoms with E-state index in [1.54, 1.807) is 25.1 Å². The van der Waals surface area contributed by atoms with Crippen molar-refractivity contribution >= 4 is 40.7 Å². The highest BCUT2D eigenvalue weighted by atomic mass is 35.5. The SMILES string of the molecule is COc1cc(OCC(=O)N(Cc2ccc(Cl)c(Cl)c2)[C@@H](C)C(=O)NC2CCCC2)ccc1[N+](=O)[O-]. The Morgan fingerprint density at radius 2 is 1.89 bits per heavy atom. The van der Waals surface area contributed by atoms with Crippen molar-refractivity contribution < 1.29 is 24.0 Å². The third-order valence-electron chi connectivity index (χ3n) is 5.92. The molecule has 2 aromatic rings. The second-order valence-corrected chi connectivity index (χ2v) is 9.13. The summed E-state index contributed by atoms with van der Waals surface area (Å²) >= 11 is 12.1. The Morgan fingerprint density at radius 3 is 2.51 bits per heavy atom. The molecule has 1 atom stereocenters. The molecule has 1 N–H and O–H groups in total. The third kappa shape index (κ3) is 6.99. The maximum Gasteiger partial charge on any atom is 0.311 e. The van der Waals surface area contributed by atoms with E-state index < -0.39 is 16.9 Å². The van der Waals surface area contributed by atoms with Gasteiger partial charge in [-0.15, -0.1) is 0 Å². The van der Waals surface area contributed by atoms with Crippen molar-refractivity contribution in [2.75, 3.05) is 13.7 Å². The van der Waals surface area contributed by atoms with Crippen molar-refractivity contribution in [2.24, 2.45) is 0 Å². The zero-order valence-electron chi connectivity index (χ0n) is 19.5. The number of amides is 2. The van der Waals surface area contributed by atoms with Gasteiger partial charge in [0.15, 0.2) is 6.61 Å². The van der Waals surface area contributed by atoms with Crippen molar-refractivity contribution in [2.45, 2.75) is 51.2 Å². The zero-order chi connectivity index (χ0) is 25.5. The lowest BCUT2D eigenvalue weighted by atomic mass is 10.1. The summed E-state index contributed by atoms with van der Waals surface area (Å²) in [6.07, 6.45) is 3.98. The number of halogens is 2. The number of nitro groups is 1. The van der Waals surface area contributed by atoms with Gasteiger partial charge in [0.25, 0.3) is 5.91 Å². The Hall–Kier alpha value is -3.04. The minimum atomic E-state index is -0.771. The predicted molar refractivity (Wildman–Crippen MR) is 132 cm³/mol. The van der Waals surface area contributed by atoms with Crippen LogP contribution < -0.4 is 14.8 Å². The molecule has 0 heterocycles. The van der Waals surface area contributed by atoms with Crippen LogP contribution in [0.5, 0.6) is 11.5 Å². The molecule has 0 bridgehead atoms. The molecule has 35 heavy (non-hydrogen) atoms. The van der Waals surface area contributed by atoms with Gasteiger partial charge < -0.3 is 19.7 Å². The number of carbonyl (C=O) groups is 2. The van der Waals surface area contributed by atoms with Crippen LogP contribution in [0.15, 0.2) is 36.4 Å². The molecule has 1 aliphatic carbocycles. The Labute approximate surface area is 213 Å². The molecule has 9 nitrogen and oxygen atoms in total. The highest BCUT2D eigenvalue weighted by Crippen LogP contribution is 2.31. The van der Waals surface area contributed by atoms with Gasteiger partial charge in [-0.3, -0.25) is 19.7 Å². The summed E-state index contributed by atoms with van der Waals surface area (Å²) in [5, 5.41) is 14.8. The normalized spacial score (nSPS) is 14.3. The second kappa shape index (κ2) is 12.1. The number of ether oxygens (including phenoxy) is 2. The number of hydrogen-bond acceptors (Lipinski definition) is 6. The first-order valence-corrected chi connectivity index (χ1v) is 11.9. The molecule has 1 aliphatic rings. The monoisotopic (exact) mass is 523 g/mol. The largest absolute Gasteiger partial charge is 0.490 e. The molecular formula is C24H27Cl2N3O6. The minimum Gasteiger partial charge on any atom is -0.490 e. The zero-order valence-corrected chi connectivity index (χ0v) is 21.0. The number of nitrogens with zero attached hydrogens (tertiary/aromatic N) is 2. The lowest BCUT2D eigenvalue weighted by Crippen LogP contribution is -2.50. The Kier molecular flexibility index (Phi) is 9.17. The van der Waals surface area contributed by atoms with Crippen LogP contribution in [0.2, 0.25) is 10.0 Å². The molecule has 3 rings (SSSR count). The van der Waals surface area contributed by atoms with Crippen LogP contribution in [0, 0.1) is 10.1 Å². The van der Waals surface area contributed by atoms with Gasteiger partial charge in [-0.2, -0.15) is 0 Å². The van der Waals surface area contributed by atoms with E-state index in [2.05, 4.69) is 5.32 Å². The lowest BCUT2D eigenvalue weighted by Gasteiger charge is -2.29. The highest BCUT2D eigenvalue weighted by Gasteiger charge is 2.29. The van der Waals surface area contributed by atoms with Crippen molar-refractivity contribution in [3.63, 3.8) is 0 Å². The smallest absolute Gasteiger partial charge is 0.311 e. The fourth-order valence-corrected chi connectivity index (χ4v) is 4.26. The van der Waals surface area contributed by atoms with E-state index >= 15 is 0 Å². The van der Waals surface area contributed by atoms with Crippen molar-refractivity contribution in [1.82, 2.24) is 10.2 Å². The quantitative estimate of drug-likeness (QED) is 0.354. The fraction of sp³-hybridized carbons (Fsp3) is 0.417. The van der Waals surface area contributed by atoms with Gasteiger partial charge in [-0.05, 0) is 43.5 Å². The Balaban J connectivity index is 1.76. The molecule has 1 saturated carbocycles. The average Bonchev–Trinajstić information content (AvgIpc) is 3.35. The van der Waals surface area contributed by atoms with E-state index in [0.29, 0.717) is 15.6 Å². The molecular weight excluding hydrogens is 497 g/mol. The van der Waals surface area contributed by atoms with Gasteiger partial charge in [0, 0.05) is 24.7 Å². The van der Waals surface area contributed by atoms with Crippen LogP contribution in [0.3, 0.4) is 0 Å². The Morgan fingerprint density at radius 1 is 1.17 bits per heavy atom. The summed E-state index contributed by atoms with van der Waals surface area (Å²) in [6, 6.07) is 8.31. The van der Waals surface area contributed by atoms with Crippen molar-refractivity contribution in [3.05, 3.63) is 62.1 Å². The predicted octanol–water partition coefficient (Wildman–Crippen LogP) is 4.77. The van der Waals surface area contributed by atoms with Crippen LogP contribution in [0.1, 0.15) is 38.2 Å². The van der Waals surface area contributed by atoms with E-state index in [9.17, 15) is 19.7 Å². The van der Waals surface area contributed by atoms with Gasteiger partial charge >= 0.3 is 5.69 Å². The molecule has 0 unspecified atom stereocenters. The standard InChI is InChI=1S/C24H27Cl2N3O6/c1-15(24(31)27-17-5-3-4-6-17)28(13-16-7-9-19(25)20(26)11-16)23(30)14-35-18-8-10-21(29(32)33)22(12-18)34-2/h7-12,15,17H,3-6,13-14H2,1-2H3,(H,27,31)/t15-/m0/s1. The molecule has 2 amide bonds. The molecule has 2 aromatic carbocycles. The summed E-state index contributed by atoms with van der Waals surface area (Å²) in [7, 11) is 1.31. The van der Waals surface area contributed by atoms with Crippen LogP contribution in [0.25, 0.3) is 0 Å². The van der Waals surface area contributed by atoms with E-state index in [4.69, 9.17) is 32.7 Å². The Bertz CT molecular complexity index is 1090. The van der Waals surface area contributed by atoms with Gasteiger partial charge in [0.05, 0.1) is 22.1 Å². The molecule has 0 aromatic heterocycles. The van der Waals surface area contributed by atoms with E-state index in [0.717, 1.165) is 25.7 Å². The third-order valence-corrected chi connectivity index (χ3v) is 6.66. The first-order chi connectivity index (χ1) is 16.7. The molecule has 11 heteroatoms. The number of rotatable bonds is 10. The van der Waals surface area contributed by atoms with Crippen LogP contribution >= 0.6 is 23.2 Å². The fourth-order valence-electron chi connectivity index (χ4n) is 3.94. The summed E-state index contributed by atoms with van der Waals surface area (Å²) in [6.45, 7) is 1.39. The van der Waals surface area contributed by atoms with Gasteiger partial charge in [-0.25, -0.2) is 0 Å². The summed E-state index contributed by atoms with van der Waals surface area (Å²) < 4.78 is 10.6. The summed E-state index contributed by atoms with van der Waals surface area (Å²) in [5.41, 5.74) is 0.481. The highest BCUT2D eigenvalue weighted by molar-refractivity contribution is 6.42. The molecule has 1 fully saturated rings. The maximum atomic E-state index is 13.2. The molecule has 0 saturated heterocycles. The first kappa shape index (κ1) is 26.6. The average molecular weight is 524 g/mol. The molecule has 0 aliphatic heterocycles. The first-order valence-electron chi connectivity index (χ1n) is 11.2. The van der Waals surface area contributed by atoms with E-state index in [-0.39, 0.29) is 42.3 Å². The van der Waals surface area contributed by atoms with Crippen molar-refractivity contribution in [3.8, 4) is 11.5 Å². The van der Waals surface area contributed by atoms with E-state index in [1.807, 2.05) is 0 Å². The number of methoxy groups -OCH3 is 1. The number of nitrogens with one attached hydrogen (secondary N) is 1. The number of carbonyl (C=O) groups excluding carboxylic acids is 2. The summed E-state index contributed by atoms with van der Waals surface area (Å²) in [5.74, 6) is -0.458. The van der Waals surface area contributed by atoms with E-state index in [1.165, 1.54) is 30.2 Å². The number of nitro benzene ring substituents is 1. The van der Waals surface area contributed by atoms with Gasteiger partial charge in [-0.1, -0.05) is 42.1 Å². The molecule has 188 valence electrons.